The molecule has 0 aliphatic carbocycles. The molecule has 1 unspecified atom stereocenters. The van der Waals surface area contributed by atoms with Crippen molar-refractivity contribution in [1.29, 1.82) is 0 Å². The number of halogens is 1. The zero-order chi connectivity index (χ0) is 10.1. The summed E-state index contributed by atoms with van der Waals surface area (Å²) in [4.78, 5) is 0. The van der Waals surface area contributed by atoms with Crippen molar-refractivity contribution in [2.45, 2.75) is 6.10 Å². The fraction of sp³-hybridized carbons (Fsp3) is 0.250. The van der Waals surface area contributed by atoms with Gasteiger partial charge in [-0.05, 0) is 22.0 Å². The molecular weight excluding hydrogens is 250 g/mol. The van der Waals surface area contributed by atoms with Crippen molar-refractivity contribution in [3.05, 3.63) is 34.5 Å². The summed E-state index contributed by atoms with van der Waals surface area (Å²) in [6.45, 7) is 0. The highest BCUT2D eigenvalue weighted by atomic mass is 79.9. The third-order valence-electron chi connectivity index (χ3n) is 1.93. The van der Waals surface area contributed by atoms with E-state index in [1.807, 2.05) is 0 Å². The molecule has 1 N–H and O–H groups in total. The number of hydrogen-bond donors (Lipinski definition) is 1. The van der Waals surface area contributed by atoms with Crippen LogP contribution in [0, 0.1) is 0 Å². The van der Waals surface area contributed by atoms with Gasteiger partial charge in [-0.25, -0.2) is 4.68 Å². The molecule has 2 heterocycles. The quantitative estimate of drug-likeness (QED) is 0.880. The standard InChI is InChI=1S/C8H8BrN3O2/c1-12-6(3-10-11-12)8(13)5-2-7(9)14-4-5/h2-4,8,13H,1H3. The highest BCUT2D eigenvalue weighted by Crippen LogP contribution is 2.24. The number of furan rings is 1. The first-order valence-corrected chi connectivity index (χ1v) is 4.74. The Hall–Kier alpha value is -1.14. The normalized spacial score (nSPS) is 13.1. The average molecular weight is 258 g/mol. The Labute approximate surface area is 88.5 Å². The fourth-order valence-corrected chi connectivity index (χ4v) is 1.54. The van der Waals surface area contributed by atoms with Crippen molar-refractivity contribution in [2.24, 2.45) is 7.05 Å². The van der Waals surface area contributed by atoms with E-state index in [0.717, 1.165) is 0 Å². The van der Waals surface area contributed by atoms with Gasteiger partial charge in [0, 0.05) is 12.6 Å². The minimum absolute atomic E-state index is 0.585. The highest BCUT2D eigenvalue weighted by molar-refractivity contribution is 9.10. The lowest BCUT2D eigenvalue weighted by Gasteiger charge is -2.06. The molecule has 2 rings (SSSR count). The number of hydrogen-bond acceptors (Lipinski definition) is 4. The Bertz CT molecular complexity index is 437. The predicted molar refractivity (Wildman–Crippen MR) is 51.5 cm³/mol. The monoisotopic (exact) mass is 257 g/mol. The Morgan fingerprint density at radius 3 is 2.93 bits per heavy atom. The second-order valence-corrected chi connectivity index (χ2v) is 3.65. The number of aliphatic hydroxyl groups excluding tert-OH is 1. The van der Waals surface area contributed by atoms with Crippen molar-refractivity contribution >= 4 is 15.9 Å². The van der Waals surface area contributed by atoms with E-state index in [4.69, 9.17) is 4.42 Å². The molecule has 6 heteroatoms. The Balaban J connectivity index is 2.33. The second-order valence-electron chi connectivity index (χ2n) is 2.87. The topological polar surface area (TPSA) is 64.1 Å². The first-order chi connectivity index (χ1) is 6.68. The van der Waals surface area contributed by atoms with Crippen LogP contribution in [0.4, 0.5) is 0 Å². The van der Waals surface area contributed by atoms with Gasteiger partial charge in [-0.3, -0.25) is 0 Å². The lowest BCUT2D eigenvalue weighted by atomic mass is 10.1. The molecule has 0 aliphatic heterocycles. The molecule has 74 valence electrons. The molecule has 0 amide bonds. The van der Waals surface area contributed by atoms with E-state index in [9.17, 15) is 5.11 Å². The molecule has 0 bridgehead atoms. The molecule has 1 atom stereocenters. The first kappa shape index (κ1) is 9.42. The van der Waals surface area contributed by atoms with E-state index >= 15 is 0 Å². The molecule has 14 heavy (non-hydrogen) atoms. The van der Waals surface area contributed by atoms with Crippen molar-refractivity contribution in [2.75, 3.05) is 0 Å². The predicted octanol–water partition coefficient (Wildman–Crippen LogP) is 1.25. The van der Waals surface area contributed by atoms with Gasteiger partial charge in [0.1, 0.15) is 6.10 Å². The lowest BCUT2D eigenvalue weighted by Crippen LogP contribution is -2.05. The Kier molecular flexibility index (Phi) is 2.39. The van der Waals surface area contributed by atoms with E-state index in [2.05, 4.69) is 26.2 Å². The summed E-state index contributed by atoms with van der Waals surface area (Å²) in [5.41, 5.74) is 1.29. The third-order valence-corrected chi connectivity index (χ3v) is 2.35. The van der Waals surface area contributed by atoms with Crippen LogP contribution in [0.5, 0.6) is 0 Å². The number of aromatic nitrogens is 3. The fourth-order valence-electron chi connectivity index (χ4n) is 1.18. The molecule has 2 aromatic rings. The van der Waals surface area contributed by atoms with Crippen molar-refractivity contribution in [3.8, 4) is 0 Å². The van der Waals surface area contributed by atoms with Gasteiger partial charge in [-0.2, -0.15) is 0 Å². The van der Waals surface area contributed by atoms with Crippen LogP contribution >= 0.6 is 15.9 Å². The minimum Gasteiger partial charge on any atom is -0.457 e. The number of aryl methyl sites for hydroxylation is 1. The summed E-state index contributed by atoms with van der Waals surface area (Å²) < 4.78 is 7.13. The summed E-state index contributed by atoms with van der Waals surface area (Å²) >= 11 is 3.17. The van der Waals surface area contributed by atoms with Crippen molar-refractivity contribution < 1.29 is 9.52 Å². The molecule has 0 saturated carbocycles. The van der Waals surface area contributed by atoms with Crippen LogP contribution in [0.3, 0.4) is 0 Å². The van der Waals surface area contributed by atoms with Crippen LogP contribution in [0.25, 0.3) is 0 Å². The van der Waals surface area contributed by atoms with Crippen LogP contribution in [-0.4, -0.2) is 20.1 Å². The second kappa shape index (κ2) is 3.55. The number of rotatable bonds is 2. The summed E-state index contributed by atoms with van der Waals surface area (Å²) in [6, 6.07) is 1.71. The van der Waals surface area contributed by atoms with Gasteiger partial charge in [0.2, 0.25) is 0 Å². The first-order valence-electron chi connectivity index (χ1n) is 3.95. The average Bonchev–Trinajstić information content (AvgIpc) is 2.73. The zero-order valence-electron chi connectivity index (χ0n) is 7.38. The zero-order valence-corrected chi connectivity index (χ0v) is 8.97. The maximum Gasteiger partial charge on any atom is 0.169 e. The summed E-state index contributed by atoms with van der Waals surface area (Å²) in [7, 11) is 1.72. The smallest absolute Gasteiger partial charge is 0.169 e. The van der Waals surface area contributed by atoms with E-state index in [1.54, 1.807) is 13.1 Å². The van der Waals surface area contributed by atoms with Gasteiger partial charge < -0.3 is 9.52 Å². The maximum absolute atomic E-state index is 9.89. The summed E-state index contributed by atoms with van der Waals surface area (Å²) in [6.07, 6.45) is 2.25. The maximum atomic E-state index is 9.89. The van der Waals surface area contributed by atoms with Gasteiger partial charge in [0.25, 0.3) is 0 Å². The van der Waals surface area contributed by atoms with E-state index < -0.39 is 6.10 Å². The molecule has 5 nitrogen and oxygen atoms in total. The molecule has 0 fully saturated rings. The lowest BCUT2D eigenvalue weighted by molar-refractivity contribution is 0.209. The molecule has 2 aromatic heterocycles. The minimum atomic E-state index is -0.759. The van der Waals surface area contributed by atoms with Gasteiger partial charge in [-0.15, -0.1) is 5.10 Å². The van der Waals surface area contributed by atoms with Gasteiger partial charge >= 0.3 is 0 Å². The largest absolute Gasteiger partial charge is 0.457 e. The SMILES string of the molecule is Cn1nncc1C(O)c1coc(Br)c1. The molecule has 0 radical (unpaired) electrons. The third kappa shape index (κ3) is 1.58. The molecular formula is C8H8BrN3O2. The summed E-state index contributed by atoms with van der Waals surface area (Å²) in [5, 5.41) is 17.3. The van der Waals surface area contributed by atoms with Gasteiger partial charge in [-0.1, -0.05) is 5.21 Å². The van der Waals surface area contributed by atoms with Crippen LogP contribution in [0.2, 0.25) is 0 Å². The number of aliphatic hydroxyl groups is 1. The molecule has 0 spiro atoms. The van der Waals surface area contributed by atoms with E-state index in [1.165, 1.54) is 17.1 Å². The van der Waals surface area contributed by atoms with Crippen LogP contribution in [-0.2, 0) is 7.05 Å². The molecule has 0 aromatic carbocycles. The highest BCUT2D eigenvalue weighted by Gasteiger charge is 2.16. The van der Waals surface area contributed by atoms with Crippen molar-refractivity contribution in [3.63, 3.8) is 0 Å². The van der Waals surface area contributed by atoms with Crippen LogP contribution in [0.1, 0.15) is 17.4 Å². The Morgan fingerprint density at radius 2 is 2.43 bits per heavy atom. The number of nitrogens with zero attached hydrogens (tertiary/aromatic N) is 3. The molecule has 0 saturated heterocycles. The van der Waals surface area contributed by atoms with Crippen molar-refractivity contribution in [1.82, 2.24) is 15.0 Å². The summed E-state index contributed by atoms with van der Waals surface area (Å²) in [5.74, 6) is 0. The van der Waals surface area contributed by atoms with Gasteiger partial charge in [0.05, 0.1) is 18.2 Å². The van der Waals surface area contributed by atoms with Gasteiger partial charge in [0.15, 0.2) is 4.67 Å². The van der Waals surface area contributed by atoms with Crippen LogP contribution < -0.4 is 0 Å². The van der Waals surface area contributed by atoms with Crippen LogP contribution in [0.15, 0.2) is 27.6 Å². The van der Waals surface area contributed by atoms with E-state index in [0.29, 0.717) is 15.9 Å². The Morgan fingerprint density at radius 1 is 1.64 bits per heavy atom. The van der Waals surface area contributed by atoms with E-state index in [-0.39, 0.29) is 0 Å². The molecule has 0 aliphatic rings.